The van der Waals surface area contributed by atoms with Gasteiger partial charge in [0.05, 0.1) is 6.33 Å². The van der Waals surface area contributed by atoms with E-state index < -0.39 is 0 Å². The number of hydrogen-bond donors (Lipinski definition) is 0. The van der Waals surface area contributed by atoms with Crippen LogP contribution >= 0.6 is 0 Å². The molecule has 148 valence electrons. The minimum atomic E-state index is -0.388. The lowest BCUT2D eigenvalue weighted by molar-refractivity contribution is 0.248. The summed E-state index contributed by atoms with van der Waals surface area (Å²) < 4.78 is 18.2. The molecular formula is C18H22FN7O2. The summed E-state index contributed by atoms with van der Waals surface area (Å²) in [4.78, 5) is 37.1. The Bertz CT molecular complexity index is 1130. The van der Waals surface area contributed by atoms with E-state index in [9.17, 15) is 14.0 Å². The van der Waals surface area contributed by atoms with Crippen molar-refractivity contribution in [2.75, 3.05) is 37.6 Å². The Morgan fingerprint density at radius 1 is 1.04 bits per heavy atom. The van der Waals surface area contributed by atoms with E-state index in [1.54, 1.807) is 30.2 Å². The van der Waals surface area contributed by atoms with Gasteiger partial charge in [0.15, 0.2) is 22.8 Å². The second-order valence-corrected chi connectivity index (χ2v) is 6.95. The largest absolute Gasteiger partial charge is 0.352 e. The van der Waals surface area contributed by atoms with Crippen molar-refractivity contribution >= 4 is 17.0 Å². The maximum atomic E-state index is 13.9. The van der Waals surface area contributed by atoms with Gasteiger partial charge in [-0.3, -0.25) is 18.8 Å². The lowest BCUT2D eigenvalue weighted by Crippen LogP contribution is -2.47. The van der Waals surface area contributed by atoms with Crippen LogP contribution in [0.5, 0.6) is 0 Å². The summed E-state index contributed by atoms with van der Waals surface area (Å²) in [5.74, 6) is 0.0921. The van der Waals surface area contributed by atoms with Crippen molar-refractivity contribution in [2.45, 2.75) is 6.54 Å². The van der Waals surface area contributed by atoms with Gasteiger partial charge in [0, 0.05) is 59.6 Å². The predicted octanol–water partition coefficient (Wildman–Crippen LogP) is -0.210. The molecule has 0 unspecified atom stereocenters. The third kappa shape index (κ3) is 3.09. The van der Waals surface area contributed by atoms with Crippen LogP contribution in [0.1, 0.15) is 0 Å². The average molecular weight is 387 g/mol. The number of hydrogen-bond acceptors (Lipinski definition) is 6. The molecule has 28 heavy (non-hydrogen) atoms. The fourth-order valence-corrected chi connectivity index (χ4v) is 3.61. The number of pyridine rings is 1. The molecule has 1 aliphatic rings. The van der Waals surface area contributed by atoms with Gasteiger partial charge < -0.3 is 9.47 Å². The summed E-state index contributed by atoms with van der Waals surface area (Å²) in [5, 5.41) is 0. The van der Waals surface area contributed by atoms with Gasteiger partial charge in [-0.05, 0) is 12.1 Å². The molecule has 0 N–H and O–H groups in total. The van der Waals surface area contributed by atoms with Crippen LogP contribution in [0.2, 0.25) is 0 Å². The van der Waals surface area contributed by atoms with Crippen LogP contribution in [-0.2, 0) is 20.6 Å². The topological polar surface area (TPSA) is 81.2 Å². The van der Waals surface area contributed by atoms with E-state index in [0.29, 0.717) is 36.6 Å². The number of aryl methyl sites for hydroxylation is 1. The van der Waals surface area contributed by atoms with Crippen molar-refractivity contribution in [3.63, 3.8) is 0 Å². The van der Waals surface area contributed by atoms with E-state index >= 15 is 0 Å². The third-order valence-corrected chi connectivity index (χ3v) is 5.29. The van der Waals surface area contributed by atoms with Gasteiger partial charge in [0.25, 0.3) is 5.56 Å². The molecule has 3 aromatic heterocycles. The van der Waals surface area contributed by atoms with Gasteiger partial charge in [-0.25, -0.2) is 19.2 Å². The van der Waals surface area contributed by atoms with Crippen molar-refractivity contribution in [3.05, 3.63) is 51.3 Å². The molecule has 3 aromatic rings. The first-order valence-electron chi connectivity index (χ1n) is 9.16. The van der Waals surface area contributed by atoms with Gasteiger partial charge >= 0.3 is 5.69 Å². The predicted molar refractivity (Wildman–Crippen MR) is 103 cm³/mol. The highest BCUT2D eigenvalue weighted by atomic mass is 19.1. The SMILES string of the molecule is Cn1c(=O)c2c(ncn2CCN2CCN(c3ncccc3F)CC2)n(C)c1=O. The zero-order valence-corrected chi connectivity index (χ0v) is 15.9. The molecule has 0 amide bonds. The average Bonchev–Trinajstić information content (AvgIpc) is 3.14. The molecule has 0 atom stereocenters. The highest BCUT2D eigenvalue weighted by Gasteiger charge is 2.21. The van der Waals surface area contributed by atoms with E-state index in [4.69, 9.17) is 0 Å². The summed E-state index contributed by atoms with van der Waals surface area (Å²) in [6.45, 7) is 4.25. The number of aromatic nitrogens is 5. The minimum absolute atomic E-state index is 0.303. The molecule has 1 saturated heterocycles. The molecule has 0 bridgehead atoms. The van der Waals surface area contributed by atoms with Crippen LogP contribution in [0.25, 0.3) is 11.2 Å². The molecular weight excluding hydrogens is 365 g/mol. The molecule has 4 rings (SSSR count). The van der Waals surface area contributed by atoms with E-state index in [1.807, 2.05) is 4.90 Å². The number of nitrogens with zero attached hydrogens (tertiary/aromatic N) is 7. The number of rotatable bonds is 4. The van der Waals surface area contributed by atoms with Crippen LogP contribution < -0.4 is 16.1 Å². The highest BCUT2D eigenvalue weighted by molar-refractivity contribution is 5.69. The van der Waals surface area contributed by atoms with Crippen molar-refractivity contribution in [1.29, 1.82) is 0 Å². The first kappa shape index (κ1) is 18.4. The molecule has 0 saturated carbocycles. The normalized spacial score (nSPS) is 15.5. The molecule has 1 fully saturated rings. The minimum Gasteiger partial charge on any atom is -0.352 e. The van der Waals surface area contributed by atoms with Gasteiger partial charge in [-0.1, -0.05) is 0 Å². The molecule has 4 heterocycles. The molecule has 0 spiro atoms. The summed E-state index contributed by atoms with van der Waals surface area (Å²) in [6.07, 6.45) is 3.20. The van der Waals surface area contributed by atoms with Crippen molar-refractivity contribution in [3.8, 4) is 0 Å². The molecule has 10 heteroatoms. The van der Waals surface area contributed by atoms with E-state index in [1.165, 1.54) is 17.7 Å². The fraction of sp³-hybridized carbons (Fsp3) is 0.444. The number of piperazine rings is 1. The maximum Gasteiger partial charge on any atom is 0.332 e. The lowest BCUT2D eigenvalue weighted by atomic mass is 10.3. The maximum absolute atomic E-state index is 13.9. The Kier molecular flexibility index (Phi) is 4.71. The number of halogens is 1. The number of imidazole rings is 1. The molecule has 1 aliphatic heterocycles. The second-order valence-electron chi connectivity index (χ2n) is 6.95. The van der Waals surface area contributed by atoms with E-state index in [-0.39, 0.29) is 17.1 Å². The van der Waals surface area contributed by atoms with Gasteiger partial charge in [0.1, 0.15) is 0 Å². The smallest absolute Gasteiger partial charge is 0.332 e. The standard InChI is InChI=1S/C18H22FN7O2/c1-22-16-14(17(27)23(2)18(22)28)26(12-21-16)11-8-24-6-9-25(10-7-24)15-13(19)4-3-5-20-15/h3-5,12H,6-11H2,1-2H3. The van der Waals surface area contributed by atoms with E-state index in [2.05, 4.69) is 14.9 Å². The van der Waals surface area contributed by atoms with Gasteiger partial charge in [0.2, 0.25) is 0 Å². The molecule has 0 aliphatic carbocycles. The first-order chi connectivity index (χ1) is 13.5. The fourth-order valence-electron chi connectivity index (χ4n) is 3.61. The van der Waals surface area contributed by atoms with Crippen LogP contribution in [0, 0.1) is 5.82 Å². The zero-order chi connectivity index (χ0) is 19.8. The molecule has 0 aromatic carbocycles. The number of fused-ring (bicyclic) bond motifs is 1. The van der Waals surface area contributed by atoms with Crippen LogP contribution in [-0.4, -0.2) is 61.3 Å². The third-order valence-electron chi connectivity index (χ3n) is 5.29. The Morgan fingerprint density at radius 2 is 1.79 bits per heavy atom. The van der Waals surface area contributed by atoms with Crippen LogP contribution in [0.4, 0.5) is 10.2 Å². The highest BCUT2D eigenvalue weighted by Crippen LogP contribution is 2.17. The lowest BCUT2D eigenvalue weighted by Gasteiger charge is -2.35. The van der Waals surface area contributed by atoms with Gasteiger partial charge in [-0.2, -0.15) is 0 Å². The molecule has 9 nitrogen and oxygen atoms in total. The Morgan fingerprint density at radius 3 is 2.50 bits per heavy atom. The van der Waals surface area contributed by atoms with Crippen LogP contribution in [0.3, 0.4) is 0 Å². The second kappa shape index (κ2) is 7.19. The molecule has 0 radical (unpaired) electrons. The van der Waals surface area contributed by atoms with Gasteiger partial charge in [-0.15, -0.1) is 0 Å². The van der Waals surface area contributed by atoms with Crippen molar-refractivity contribution < 1.29 is 4.39 Å². The summed E-state index contributed by atoms with van der Waals surface area (Å²) in [5.41, 5.74) is 0.0917. The van der Waals surface area contributed by atoms with Crippen LogP contribution in [0.15, 0.2) is 34.2 Å². The monoisotopic (exact) mass is 387 g/mol. The van der Waals surface area contributed by atoms with Crippen molar-refractivity contribution in [2.24, 2.45) is 14.1 Å². The summed E-state index contributed by atoms with van der Waals surface area (Å²) in [6, 6.07) is 3.01. The zero-order valence-electron chi connectivity index (χ0n) is 15.9. The summed E-state index contributed by atoms with van der Waals surface area (Å²) in [7, 11) is 3.08. The van der Waals surface area contributed by atoms with Crippen molar-refractivity contribution in [1.82, 2.24) is 28.6 Å². The Hall–Kier alpha value is -3.01. The quantitative estimate of drug-likeness (QED) is 0.616. The Balaban J connectivity index is 1.45. The van der Waals surface area contributed by atoms with E-state index in [0.717, 1.165) is 24.2 Å². The number of anilines is 1. The first-order valence-corrected chi connectivity index (χ1v) is 9.16. The Labute approximate surface area is 160 Å². The summed E-state index contributed by atoms with van der Waals surface area (Å²) >= 11 is 0.